The molecular weight excluding hydrogens is 262 g/mol. The number of aromatic nitrogens is 2. The van der Waals surface area contributed by atoms with E-state index in [0.717, 1.165) is 43.1 Å². The molecule has 0 radical (unpaired) electrons. The van der Waals surface area contributed by atoms with Crippen molar-refractivity contribution in [3.05, 3.63) is 42.6 Å². The van der Waals surface area contributed by atoms with Crippen LogP contribution in [0.4, 0.5) is 5.82 Å². The number of nitrogens with zero attached hydrogens (tertiary/aromatic N) is 3. The van der Waals surface area contributed by atoms with Gasteiger partial charge >= 0.3 is 0 Å². The zero-order valence-electron chi connectivity index (χ0n) is 11.9. The summed E-state index contributed by atoms with van der Waals surface area (Å²) in [6, 6.07) is 12.0. The van der Waals surface area contributed by atoms with Crippen LogP contribution in [0.3, 0.4) is 0 Å². The lowest BCUT2D eigenvalue weighted by Gasteiger charge is -2.19. The summed E-state index contributed by atoms with van der Waals surface area (Å²) in [6.07, 6.45) is 3.80. The summed E-state index contributed by atoms with van der Waals surface area (Å²) in [5.74, 6) is 2.78. The van der Waals surface area contributed by atoms with Crippen LogP contribution in [0.15, 0.2) is 42.6 Å². The molecule has 108 valence electrons. The van der Waals surface area contributed by atoms with Crippen molar-refractivity contribution in [2.24, 2.45) is 11.8 Å². The van der Waals surface area contributed by atoms with Gasteiger partial charge in [0, 0.05) is 30.8 Å². The van der Waals surface area contributed by atoms with E-state index in [9.17, 15) is 5.11 Å². The normalized spacial score (nSPS) is 27.9. The first-order chi connectivity index (χ1) is 10.3. The highest BCUT2D eigenvalue weighted by Crippen LogP contribution is 2.39. The minimum atomic E-state index is -0.129. The lowest BCUT2D eigenvalue weighted by Crippen LogP contribution is -2.25. The van der Waals surface area contributed by atoms with Gasteiger partial charge in [-0.2, -0.15) is 0 Å². The van der Waals surface area contributed by atoms with E-state index in [-0.39, 0.29) is 6.10 Å². The Balaban J connectivity index is 1.60. The zero-order chi connectivity index (χ0) is 14.2. The van der Waals surface area contributed by atoms with Gasteiger partial charge in [-0.15, -0.1) is 0 Å². The monoisotopic (exact) mass is 281 g/mol. The molecule has 4 rings (SSSR count). The molecule has 21 heavy (non-hydrogen) atoms. The Kier molecular flexibility index (Phi) is 3.11. The summed E-state index contributed by atoms with van der Waals surface area (Å²) < 4.78 is 0. The largest absolute Gasteiger partial charge is 0.393 e. The Labute approximate surface area is 124 Å². The molecule has 3 atom stereocenters. The third-order valence-corrected chi connectivity index (χ3v) is 4.82. The molecule has 1 aliphatic carbocycles. The molecule has 2 aliphatic rings. The maximum Gasteiger partial charge on any atom is 0.161 e. The molecule has 3 unspecified atom stereocenters. The molecule has 1 saturated carbocycles. The van der Waals surface area contributed by atoms with E-state index < -0.39 is 0 Å². The Morgan fingerprint density at radius 3 is 2.71 bits per heavy atom. The zero-order valence-corrected chi connectivity index (χ0v) is 11.9. The lowest BCUT2D eigenvalue weighted by atomic mass is 10.00. The van der Waals surface area contributed by atoms with Crippen LogP contribution in [0.25, 0.3) is 11.4 Å². The van der Waals surface area contributed by atoms with Crippen molar-refractivity contribution in [3.8, 4) is 11.4 Å². The maximum absolute atomic E-state index is 10.0. The Hall–Kier alpha value is -1.94. The molecular formula is C17H19N3O. The van der Waals surface area contributed by atoms with Crippen molar-refractivity contribution in [2.45, 2.75) is 18.9 Å². The minimum Gasteiger partial charge on any atom is -0.393 e. The standard InChI is InChI=1S/C17H19N3O/c21-15-7-6-13-10-20(11-14(13)15)16-8-9-18-17(19-16)12-4-2-1-3-5-12/h1-5,8-9,13-15,21H,6-7,10-11H2. The first-order valence-electron chi connectivity index (χ1n) is 7.63. The predicted molar refractivity (Wildman–Crippen MR) is 81.9 cm³/mol. The van der Waals surface area contributed by atoms with E-state index >= 15 is 0 Å². The fourth-order valence-corrected chi connectivity index (χ4v) is 3.68. The van der Waals surface area contributed by atoms with Crippen molar-refractivity contribution in [2.75, 3.05) is 18.0 Å². The van der Waals surface area contributed by atoms with Crippen molar-refractivity contribution < 1.29 is 5.11 Å². The number of rotatable bonds is 2. The first kappa shape index (κ1) is 12.8. The second kappa shape index (κ2) is 5.11. The molecule has 0 amide bonds. The van der Waals surface area contributed by atoms with Gasteiger partial charge in [-0.1, -0.05) is 30.3 Å². The van der Waals surface area contributed by atoms with E-state index in [0.29, 0.717) is 11.8 Å². The molecule has 2 aromatic rings. The molecule has 0 bridgehead atoms. The highest BCUT2D eigenvalue weighted by molar-refractivity contribution is 5.57. The van der Waals surface area contributed by atoms with Crippen LogP contribution in [-0.4, -0.2) is 34.3 Å². The van der Waals surface area contributed by atoms with Crippen molar-refractivity contribution in [1.29, 1.82) is 0 Å². The molecule has 1 aliphatic heterocycles. The van der Waals surface area contributed by atoms with Crippen molar-refractivity contribution in [3.63, 3.8) is 0 Å². The number of aliphatic hydroxyl groups is 1. The quantitative estimate of drug-likeness (QED) is 0.918. The van der Waals surface area contributed by atoms with Gasteiger partial charge in [-0.05, 0) is 24.8 Å². The number of aliphatic hydroxyl groups excluding tert-OH is 1. The molecule has 1 N–H and O–H groups in total. The smallest absolute Gasteiger partial charge is 0.161 e. The second-order valence-corrected chi connectivity index (χ2v) is 6.08. The predicted octanol–water partition coefficient (Wildman–Crippen LogP) is 2.35. The SMILES string of the molecule is OC1CCC2CN(c3ccnc(-c4ccccc4)n3)CC12. The van der Waals surface area contributed by atoms with Gasteiger partial charge < -0.3 is 10.0 Å². The summed E-state index contributed by atoms with van der Waals surface area (Å²) in [6.45, 7) is 1.92. The van der Waals surface area contributed by atoms with Crippen LogP contribution in [0.1, 0.15) is 12.8 Å². The third-order valence-electron chi connectivity index (χ3n) is 4.82. The molecule has 0 spiro atoms. The average molecular weight is 281 g/mol. The third kappa shape index (κ3) is 2.29. The molecule has 1 aromatic heterocycles. The molecule has 1 saturated heterocycles. The molecule has 4 heteroatoms. The van der Waals surface area contributed by atoms with Crippen molar-refractivity contribution in [1.82, 2.24) is 9.97 Å². The number of benzene rings is 1. The highest BCUT2D eigenvalue weighted by atomic mass is 16.3. The molecule has 4 nitrogen and oxygen atoms in total. The summed E-state index contributed by atoms with van der Waals surface area (Å²) >= 11 is 0. The van der Waals surface area contributed by atoms with Gasteiger partial charge in [0.1, 0.15) is 5.82 Å². The highest BCUT2D eigenvalue weighted by Gasteiger charge is 2.42. The summed E-state index contributed by atoms with van der Waals surface area (Å²) in [7, 11) is 0. The summed E-state index contributed by atoms with van der Waals surface area (Å²) in [4.78, 5) is 11.4. The van der Waals surface area contributed by atoms with Crippen LogP contribution < -0.4 is 4.90 Å². The Morgan fingerprint density at radius 1 is 1.05 bits per heavy atom. The lowest BCUT2D eigenvalue weighted by molar-refractivity contribution is 0.133. The number of anilines is 1. The maximum atomic E-state index is 10.0. The fourth-order valence-electron chi connectivity index (χ4n) is 3.68. The average Bonchev–Trinajstić information content (AvgIpc) is 3.11. The minimum absolute atomic E-state index is 0.129. The topological polar surface area (TPSA) is 49.2 Å². The van der Waals surface area contributed by atoms with E-state index in [1.54, 1.807) is 0 Å². The van der Waals surface area contributed by atoms with Crippen molar-refractivity contribution >= 4 is 5.82 Å². The van der Waals surface area contributed by atoms with Crippen LogP contribution in [-0.2, 0) is 0 Å². The van der Waals surface area contributed by atoms with Crippen LogP contribution in [0, 0.1) is 11.8 Å². The van der Waals surface area contributed by atoms with E-state index in [2.05, 4.69) is 9.88 Å². The van der Waals surface area contributed by atoms with Gasteiger partial charge in [-0.3, -0.25) is 0 Å². The number of hydrogen-bond donors (Lipinski definition) is 1. The molecule has 2 heterocycles. The van der Waals surface area contributed by atoms with E-state index in [1.165, 1.54) is 0 Å². The second-order valence-electron chi connectivity index (χ2n) is 6.08. The van der Waals surface area contributed by atoms with Gasteiger partial charge in [0.15, 0.2) is 5.82 Å². The van der Waals surface area contributed by atoms with E-state index in [4.69, 9.17) is 4.98 Å². The summed E-state index contributed by atoms with van der Waals surface area (Å²) in [5.41, 5.74) is 1.04. The van der Waals surface area contributed by atoms with Gasteiger partial charge in [-0.25, -0.2) is 9.97 Å². The number of fused-ring (bicyclic) bond motifs is 1. The first-order valence-corrected chi connectivity index (χ1v) is 7.63. The van der Waals surface area contributed by atoms with Crippen LogP contribution >= 0.6 is 0 Å². The Bertz CT molecular complexity index is 631. The molecule has 2 fully saturated rings. The Morgan fingerprint density at radius 2 is 1.90 bits per heavy atom. The fraction of sp³-hybridized carbons (Fsp3) is 0.412. The van der Waals surface area contributed by atoms with Gasteiger partial charge in [0.2, 0.25) is 0 Å². The van der Waals surface area contributed by atoms with Gasteiger partial charge in [0.25, 0.3) is 0 Å². The summed E-state index contributed by atoms with van der Waals surface area (Å²) in [5, 5.41) is 10.0. The van der Waals surface area contributed by atoms with Gasteiger partial charge in [0.05, 0.1) is 6.10 Å². The van der Waals surface area contributed by atoms with Crippen LogP contribution in [0.5, 0.6) is 0 Å². The molecule has 1 aromatic carbocycles. The van der Waals surface area contributed by atoms with E-state index in [1.807, 2.05) is 42.6 Å². The number of hydrogen-bond acceptors (Lipinski definition) is 4. The van der Waals surface area contributed by atoms with Crippen LogP contribution in [0.2, 0.25) is 0 Å².